The average molecular weight is 292 g/mol. The van der Waals surface area contributed by atoms with Crippen LogP contribution in [0.15, 0.2) is 12.4 Å². The molecule has 2 rings (SSSR count). The molecular formula is C14H20N4OS. The number of amides is 1. The van der Waals surface area contributed by atoms with Crippen LogP contribution in [0.3, 0.4) is 0 Å². The molecule has 20 heavy (non-hydrogen) atoms. The summed E-state index contributed by atoms with van der Waals surface area (Å²) in [6, 6.07) is 2.07. The van der Waals surface area contributed by atoms with Gasteiger partial charge >= 0.3 is 0 Å². The lowest BCUT2D eigenvalue weighted by Crippen LogP contribution is -2.28. The second kappa shape index (κ2) is 6.65. The zero-order valence-corrected chi connectivity index (χ0v) is 12.9. The minimum absolute atomic E-state index is 0.0676. The summed E-state index contributed by atoms with van der Waals surface area (Å²) >= 11 is 1.65. The first-order chi connectivity index (χ1) is 9.56. The fourth-order valence-corrected chi connectivity index (χ4v) is 2.66. The van der Waals surface area contributed by atoms with E-state index in [1.54, 1.807) is 17.7 Å². The number of anilines is 1. The van der Waals surface area contributed by atoms with Crippen molar-refractivity contribution in [3.05, 3.63) is 17.3 Å². The van der Waals surface area contributed by atoms with Gasteiger partial charge in [-0.1, -0.05) is 13.8 Å². The first kappa shape index (κ1) is 14.7. The van der Waals surface area contributed by atoms with Gasteiger partial charge in [0, 0.05) is 24.4 Å². The molecule has 2 aromatic heterocycles. The van der Waals surface area contributed by atoms with E-state index < -0.39 is 0 Å². The van der Waals surface area contributed by atoms with Gasteiger partial charge in [-0.3, -0.25) is 4.79 Å². The van der Waals surface area contributed by atoms with Crippen molar-refractivity contribution in [3.63, 3.8) is 0 Å². The van der Waals surface area contributed by atoms with E-state index in [4.69, 9.17) is 0 Å². The summed E-state index contributed by atoms with van der Waals surface area (Å²) in [5.41, 5.74) is 0. The van der Waals surface area contributed by atoms with Crippen LogP contribution in [-0.2, 0) is 4.79 Å². The van der Waals surface area contributed by atoms with Crippen LogP contribution in [0, 0.1) is 12.8 Å². The second-order valence-corrected chi connectivity index (χ2v) is 6.41. The fraction of sp³-hybridized carbons (Fsp3) is 0.500. The molecule has 1 amide bonds. The SMILES string of the molecule is Cc1cc2c(NCCC(=O)NCC(C)C)ncnc2s1. The maximum Gasteiger partial charge on any atom is 0.221 e. The van der Waals surface area contributed by atoms with E-state index >= 15 is 0 Å². The Morgan fingerprint density at radius 1 is 1.40 bits per heavy atom. The van der Waals surface area contributed by atoms with Gasteiger partial charge in [0.25, 0.3) is 0 Å². The topological polar surface area (TPSA) is 66.9 Å². The highest BCUT2D eigenvalue weighted by molar-refractivity contribution is 7.18. The number of rotatable bonds is 6. The fourth-order valence-electron chi connectivity index (χ4n) is 1.82. The standard InChI is InChI=1S/C14H20N4OS/c1-9(2)7-16-12(19)4-5-15-13-11-6-10(3)20-14(11)18-8-17-13/h6,8-9H,4-5,7H2,1-3H3,(H,16,19)(H,15,17,18). The number of aromatic nitrogens is 2. The van der Waals surface area contributed by atoms with E-state index in [0.29, 0.717) is 18.9 Å². The van der Waals surface area contributed by atoms with Crippen LogP contribution in [0.4, 0.5) is 5.82 Å². The number of nitrogens with zero attached hydrogens (tertiary/aromatic N) is 2. The first-order valence-corrected chi connectivity index (χ1v) is 7.59. The Hall–Kier alpha value is -1.69. The van der Waals surface area contributed by atoms with E-state index in [0.717, 1.165) is 22.6 Å². The highest BCUT2D eigenvalue weighted by atomic mass is 32.1. The second-order valence-electron chi connectivity index (χ2n) is 5.17. The summed E-state index contributed by atoms with van der Waals surface area (Å²) in [6.07, 6.45) is 2.00. The molecule has 108 valence electrons. The van der Waals surface area contributed by atoms with Crippen molar-refractivity contribution in [2.24, 2.45) is 5.92 Å². The van der Waals surface area contributed by atoms with Gasteiger partial charge in [-0.05, 0) is 18.9 Å². The number of hydrogen-bond donors (Lipinski definition) is 2. The quantitative estimate of drug-likeness (QED) is 0.858. The van der Waals surface area contributed by atoms with Gasteiger partial charge in [-0.25, -0.2) is 9.97 Å². The maximum atomic E-state index is 11.6. The third-order valence-corrected chi connectivity index (χ3v) is 3.76. The zero-order chi connectivity index (χ0) is 14.5. The number of nitrogens with one attached hydrogen (secondary N) is 2. The first-order valence-electron chi connectivity index (χ1n) is 6.78. The molecule has 0 aliphatic heterocycles. The number of aryl methyl sites for hydroxylation is 1. The highest BCUT2D eigenvalue weighted by Crippen LogP contribution is 2.27. The average Bonchev–Trinajstić information content (AvgIpc) is 2.77. The molecule has 0 radical (unpaired) electrons. The molecule has 0 saturated heterocycles. The van der Waals surface area contributed by atoms with E-state index in [9.17, 15) is 4.79 Å². The van der Waals surface area contributed by atoms with Gasteiger partial charge in [-0.15, -0.1) is 11.3 Å². The Morgan fingerprint density at radius 2 is 2.20 bits per heavy atom. The van der Waals surface area contributed by atoms with Crippen LogP contribution in [0.1, 0.15) is 25.1 Å². The largest absolute Gasteiger partial charge is 0.369 e. The van der Waals surface area contributed by atoms with Crippen LogP contribution in [-0.4, -0.2) is 29.0 Å². The van der Waals surface area contributed by atoms with Crippen molar-refractivity contribution >= 4 is 33.3 Å². The Bertz CT molecular complexity index is 594. The van der Waals surface area contributed by atoms with Crippen molar-refractivity contribution < 1.29 is 4.79 Å². The highest BCUT2D eigenvalue weighted by Gasteiger charge is 2.07. The number of thiophene rings is 1. The van der Waals surface area contributed by atoms with Gasteiger partial charge in [-0.2, -0.15) is 0 Å². The lowest BCUT2D eigenvalue weighted by molar-refractivity contribution is -0.120. The number of carbonyl (C=O) groups is 1. The molecule has 5 nitrogen and oxygen atoms in total. The third-order valence-electron chi connectivity index (χ3n) is 2.80. The molecular weight excluding hydrogens is 272 g/mol. The number of carbonyl (C=O) groups excluding carboxylic acids is 1. The predicted octanol–water partition coefficient (Wildman–Crippen LogP) is 2.57. The maximum absolute atomic E-state index is 11.6. The van der Waals surface area contributed by atoms with Gasteiger partial charge in [0.15, 0.2) is 0 Å². The van der Waals surface area contributed by atoms with Gasteiger partial charge in [0.1, 0.15) is 17.0 Å². The molecule has 6 heteroatoms. The smallest absolute Gasteiger partial charge is 0.221 e. The van der Waals surface area contributed by atoms with Crippen LogP contribution in [0.5, 0.6) is 0 Å². The van der Waals surface area contributed by atoms with Crippen molar-refractivity contribution in [1.29, 1.82) is 0 Å². The predicted molar refractivity (Wildman–Crippen MR) is 83.1 cm³/mol. The minimum atomic E-state index is 0.0676. The lowest BCUT2D eigenvalue weighted by atomic mass is 10.2. The Morgan fingerprint density at radius 3 is 2.95 bits per heavy atom. The van der Waals surface area contributed by atoms with E-state index in [1.807, 2.05) is 0 Å². The summed E-state index contributed by atoms with van der Waals surface area (Å²) in [5, 5.41) is 7.14. The summed E-state index contributed by atoms with van der Waals surface area (Å²) < 4.78 is 0. The molecule has 0 aromatic carbocycles. The van der Waals surface area contributed by atoms with Gasteiger partial charge in [0.05, 0.1) is 5.39 Å². The van der Waals surface area contributed by atoms with E-state index in [1.165, 1.54) is 4.88 Å². The number of fused-ring (bicyclic) bond motifs is 1. The molecule has 0 aliphatic rings. The van der Waals surface area contributed by atoms with Crippen molar-refractivity contribution in [2.75, 3.05) is 18.4 Å². The van der Waals surface area contributed by atoms with Crippen LogP contribution in [0.25, 0.3) is 10.2 Å². The molecule has 0 fully saturated rings. The summed E-state index contributed by atoms with van der Waals surface area (Å²) in [6.45, 7) is 7.50. The molecule has 2 N–H and O–H groups in total. The molecule has 0 bridgehead atoms. The lowest BCUT2D eigenvalue weighted by Gasteiger charge is -2.09. The Labute approximate surface area is 122 Å². The molecule has 0 spiro atoms. The van der Waals surface area contributed by atoms with Crippen molar-refractivity contribution in [1.82, 2.24) is 15.3 Å². The Balaban J connectivity index is 1.88. The molecule has 0 aliphatic carbocycles. The summed E-state index contributed by atoms with van der Waals surface area (Å²) in [5.74, 6) is 1.34. The van der Waals surface area contributed by atoms with E-state index in [2.05, 4.69) is 47.4 Å². The van der Waals surface area contributed by atoms with Crippen LogP contribution < -0.4 is 10.6 Å². The third kappa shape index (κ3) is 3.90. The van der Waals surface area contributed by atoms with Crippen molar-refractivity contribution in [3.8, 4) is 0 Å². The normalized spacial score (nSPS) is 11.0. The monoisotopic (exact) mass is 292 g/mol. The molecule has 2 aromatic rings. The van der Waals surface area contributed by atoms with Gasteiger partial charge < -0.3 is 10.6 Å². The minimum Gasteiger partial charge on any atom is -0.369 e. The number of hydrogen-bond acceptors (Lipinski definition) is 5. The van der Waals surface area contributed by atoms with Crippen LogP contribution >= 0.6 is 11.3 Å². The Kier molecular flexibility index (Phi) is 4.89. The van der Waals surface area contributed by atoms with Crippen LogP contribution in [0.2, 0.25) is 0 Å². The molecule has 0 unspecified atom stereocenters. The molecule has 0 atom stereocenters. The van der Waals surface area contributed by atoms with Gasteiger partial charge in [0.2, 0.25) is 5.91 Å². The summed E-state index contributed by atoms with van der Waals surface area (Å²) in [7, 11) is 0. The molecule has 0 saturated carbocycles. The van der Waals surface area contributed by atoms with Crippen molar-refractivity contribution in [2.45, 2.75) is 27.2 Å². The zero-order valence-electron chi connectivity index (χ0n) is 12.1. The van der Waals surface area contributed by atoms with E-state index in [-0.39, 0.29) is 5.91 Å². The molecule has 2 heterocycles. The summed E-state index contributed by atoms with van der Waals surface area (Å²) in [4.78, 5) is 22.3.